The average Bonchev–Trinajstić information content (AvgIpc) is 3.44. The number of anilines is 4. The van der Waals surface area contributed by atoms with Gasteiger partial charge in [-0.05, 0) is 55.7 Å². The number of rotatable bonds is 10. The summed E-state index contributed by atoms with van der Waals surface area (Å²) >= 11 is 0. The van der Waals surface area contributed by atoms with Crippen LogP contribution in [0.1, 0.15) is 33.0 Å². The summed E-state index contributed by atoms with van der Waals surface area (Å²) in [5.41, 5.74) is 0.203. The standard InChI is InChI=1S/C30H32F4N8O2/c1-19-35-26(18-28(36-19)42-11-9-41(10-12-42)13-14-43)38-27-17-23(39-40-27)7-5-20-6-8-24(31)25(15-20)37-29(44)21-3-2-4-22(16-21)30(32,33)34/h2-4,6,8,15-18,43H,5,7,9-14H2,1H3,(H,37,44)(H2,35,36,38,39,40). The second-order valence-electron chi connectivity index (χ2n) is 10.5. The molecule has 0 atom stereocenters. The largest absolute Gasteiger partial charge is 0.416 e. The Morgan fingerprint density at radius 1 is 1.00 bits per heavy atom. The molecule has 0 saturated carbocycles. The highest BCUT2D eigenvalue weighted by Gasteiger charge is 2.31. The molecule has 0 aliphatic carbocycles. The molecule has 4 aromatic rings. The number of amides is 1. The predicted octanol–water partition coefficient (Wildman–Crippen LogP) is 4.56. The van der Waals surface area contributed by atoms with E-state index in [1.807, 2.05) is 19.1 Å². The third kappa shape index (κ3) is 7.88. The van der Waals surface area contributed by atoms with Crippen LogP contribution in [-0.2, 0) is 19.0 Å². The van der Waals surface area contributed by atoms with Gasteiger partial charge in [-0.2, -0.15) is 18.3 Å². The molecule has 4 N–H and O–H groups in total. The number of carbonyl (C=O) groups excluding carboxylic acids is 1. The van der Waals surface area contributed by atoms with Crippen molar-refractivity contribution in [3.63, 3.8) is 0 Å². The van der Waals surface area contributed by atoms with Crippen molar-refractivity contribution in [1.29, 1.82) is 0 Å². The normalized spacial score (nSPS) is 14.1. The second-order valence-corrected chi connectivity index (χ2v) is 10.5. The minimum absolute atomic E-state index is 0.123. The molecule has 1 aliphatic heterocycles. The summed E-state index contributed by atoms with van der Waals surface area (Å²) in [6, 6.07) is 11.9. The van der Waals surface area contributed by atoms with Gasteiger partial charge in [-0.25, -0.2) is 14.4 Å². The third-order valence-corrected chi connectivity index (χ3v) is 7.24. The van der Waals surface area contributed by atoms with Crippen molar-refractivity contribution in [2.75, 3.05) is 54.9 Å². The molecule has 0 unspecified atom stereocenters. The molecule has 0 bridgehead atoms. The van der Waals surface area contributed by atoms with E-state index in [0.29, 0.717) is 42.4 Å². The van der Waals surface area contributed by atoms with Crippen molar-refractivity contribution < 1.29 is 27.5 Å². The van der Waals surface area contributed by atoms with Crippen LogP contribution in [0, 0.1) is 12.7 Å². The molecule has 1 fully saturated rings. The molecule has 1 amide bonds. The predicted molar refractivity (Wildman–Crippen MR) is 158 cm³/mol. The van der Waals surface area contributed by atoms with Gasteiger partial charge >= 0.3 is 6.18 Å². The van der Waals surface area contributed by atoms with Crippen LogP contribution in [0.2, 0.25) is 0 Å². The zero-order valence-corrected chi connectivity index (χ0v) is 24.0. The summed E-state index contributed by atoms with van der Waals surface area (Å²) in [5, 5.41) is 22.0. The fourth-order valence-corrected chi connectivity index (χ4v) is 4.94. The van der Waals surface area contributed by atoms with E-state index in [4.69, 9.17) is 0 Å². The first kappa shape index (κ1) is 30.9. The van der Waals surface area contributed by atoms with E-state index in [0.717, 1.165) is 55.9 Å². The van der Waals surface area contributed by atoms with Gasteiger partial charge in [0, 0.05) is 56.1 Å². The Kier molecular flexibility index (Phi) is 9.40. The zero-order chi connectivity index (χ0) is 31.3. The number of aromatic nitrogens is 4. The highest BCUT2D eigenvalue weighted by molar-refractivity contribution is 6.04. The molecular weight excluding hydrogens is 580 g/mol. The maximum Gasteiger partial charge on any atom is 0.416 e. The van der Waals surface area contributed by atoms with Crippen LogP contribution < -0.4 is 15.5 Å². The first-order valence-corrected chi connectivity index (χ1v) is 14.1. The lowest BCUT2D eigenvalue weighted by Gasteiger charge is -2.35. The molecule has 2 aromatic carbocycles. The Labute approximate surface area is 251 Å². The number of benzene rings is 2. The number of β-amino-alcohol motifs (C(OH)–C–C–N with tert-alkyl or cyclic N) is 1. The first-order chi connectivity index (χ1) is 21.1. The molecular formula is C30H32F4N8O2. The van der Waals surface area contributed by atoms with Crippen LogP contribution in [0.25, 0.3) is 0 Å². The smallest absolute Gasteiger partial charge is 0.395 e. The van der Waals surface area contributed by atoms with Crippen LogP contribution in [0.4, 0.5) is 40.7 Å². The third-order valence-electron chi connectivity index (χ3n) is 7.24. The Bertz CT molecular complexity index is 1600. The lowest BCUT2D eigenvalue weighted by Crippen LogP contribution is -2.47. The Morgan fingerprint density at radius 2 is 1.80 bits per heavy atom. The minimum atomic E-state index is -4.60. The first-order valence-electron chi connectivity index (χ1n) is 14.1. The van der Waals surface area contributed by atoms with Gasteiger partial charge in [-0.15, -0.1) is 0 Å². The number of aliphatic hydroxyl groups is 1. The molecule has 1 aliphatic rings. The van der Waals surface area contributed by atoms with Crippen molar-refractivity contribution in [2.24, 2.45) is 0 Å². The van der Waals surface area contributed by atoms with Crippen molar-refractivity contribution in [1.82, 2.24) is 25.1 Å². The van der Waals surface area contributed by atoms with Gasteiger partial charge < -0.3 is 20.6 Å². The van der Waals surface area contributed by atoms with Crippen LogP contribution in [0.5, 0.6) is 0 Å². The highest BCUT2D eigenvalue weighted by Crippen LogP contribution is 2.30. The topological polar surface area (TPSA) is 122 Å². The van der Waals surface area contributed by atoms with Crippen LogP contribution in [0.3, 0.4) is 0 Å². The van der Waals surface area contributed by atoms with Gasteiger partial charge in [0.1, 0.15) is 23.3 Å². The fraction of sp³-hybridized carbons (Fsp3) is 0.333. The van der Waals surface area contributed by atoms with E-state index in [1.165, 1.54) is 18.2 Å². The van der Waals surface area contributed by atoms with Crippen molar-refractivity contribution in [2.45, 2.75) is 25.9 Å². The Morgan fingerprint density at radius 3 is 2.55 bits per heavy atom. The number of nitrogens with zero attached hydrogens (tertiary/aromatic N) is 5. The number of carbonyl (C=O) groups is 1. The quantitative estimate of drug-likeness (QED) is 0.192. The lowest BCUT2D eigenvalue weighted by atomic mass is 10.1. The van der Waals surface area contributed by atoms with E-state index in [9.17, 15) is 27.5 Å². The number of hydrogen-bond acceptors (Lipinski definition) is 8. The number of aryl methyl sites for hydroxylation is 3. The summed E-state index contributed by atoms with van der Waals surface area (Å²) in [7, 11) is 0. The number of nitrogens with one attached hydrogen (secondary N) is 3. The number of piperazine rings is 1. The SMILES string of the molecule is Cc1nc(Nc2cc(CCc3ccc(F)c(NC(=O)c4cccc(C(F)(F)F)c4)c3)[nH]n2)cc(N2CCN(CCO)CC2)n1. The monoisotopic (exact) mass is 612 g/mol. The van der Waals surface area contributed by atoms with Gasteiger partial charge in [-0.3, -0.25) is 14.8 Å². The van der Waals surface area contributed by atoms with Crippen molar-refractivity contribution in [3.8, 4) is 0 Å². The molecule has 0 radical (unpaired) electrons. The highest BCUT2D eigenvalue weighted by atomic mass is 19.4. The van der Waals surface area contributed by atoms with Gasteiger partial charge in [0.15, 0.2) is 5.82 Å². The van der Waals surface area contributed by atoms with E-state index in [-0.39, 0.29) is 17.9 Å². The fourth-order valence-electron chi connectivity index (χ4n) is 4.94. The summed E-state index contributed by atoms with van der Waals surface area (Å²) in [5.74, 6) is 1.04. The molecule has 44 heavy (non-hydrogen) atoms. The Hall–Kier alpha value is -4.56. The van der Waals surface area contributed by atoms with Crippen LogP contribution >= 0.6 is 0 Å². The van der Waals surface area contributed by atoms with Gasteiger partial charge in [-0.1, -0.05) is 12.1 Å². The summed E-state index contributed by atoms with van der Waals surface area (Å²) < 4.78 is 53.5. The number of H-pyrrole nitrogens is 1. The second kappa shape index (κ2) is 13.4. The number of hydrogen-bond donors (Lipinski definition) is 4. The lowest BCUT2D eigenvalue weighted by molar-refractivity contribution is -0.137. The summed E-state index contributed by atoms with van der Waals surface area (Å²) in [4.78, 5) is 26.0. The molecule has 232 valence electrons. The molecule has 10 nitrogen and oxygen atoms in total. The van der Waals surface area contributed by atoms with Gasteiger partial charge in [0.25, 0.3) is 5.91 Å². The minimum Gasteiger partial charge on any atom is -0.395 e. The number of alkyl halides is 3. The average molecular weight is 613 g/mol. The molecule has 1 saturated heterocycles. The van der Waals surface area contributed by atoms with E-state index >= 15 is 0 Å². The molecule has 14 heteroatoms. The number of aliphatic hydroxyl groups excluding tert-OH is 1. The number of halogens is 4. The van der Waals surface area contributed by atoms with E-state index in [2.05, 4.69) is 40.6 Å². The van der Waals surface area contributed by atoms with Crippen LogP contribution in [0.15, 0.2) is 54.6 Å². The van der Waals surface area contributed by atoms with Gasteiger partial charge in [0.05, 0.1) is 17.9 Å². The van der Waals surface area contributed by atoms with Crippen molar-refractivity contribution in [3.05, 3.63) is 88.6 Å². The van der Waals surface area contributed by atoms with E-state index in [1.54, 1.807) is 6.07 Å². The molecule has 3 heterocycles. The zero-order valence-electron chi connectivity index (χ0n) is 24.0. The van der Waals surface area contributed by atoms with E-state index < -0.39 is 23.5 Å². The Balaban J connectivity index is 1.19. The summed E-state index contributed by atoms with van der Waals surface area (Å²) in [6.45, 7) is 5.89. The number of aromatic amines is 1. The van der Waals surface area contributed by atoms with Crippen molar-refractivity contribution >= 4 is 29.0 Å². The maximum atomic E-state index is 14.5. The van der Waals surface area contributed by atoms with Gasteiger partial charge in [0.2, 0.25) is 0 Å². The molecule has 0 spiro atoms. The molecule has 2 aromatic heterocycles. The maximum absolute atomic E-state index is 14.5. The molecule has 5 rings (SSSR count). The summed E-state index contributed by atoms with van der Waals surface area (Å²) in [6.07, 6.45) is -3.60. The van der Waals surface area contributed by atoms with Crippen LogP contribution in [-0.4, -0.2) is 75.4 Å².